The lowest BCUT2D eigenvalue weighted by Gasteiger charge is -2.38. The number of rotatable bonds is 8. The van der Waals surface area contributed by atoms with E-state index in [0.29, 0.717) is 53.7 Å². The molecule has 0 aliphatic heterocycles. The number of aromatic carboxylic acids is 1. The number of hydrogen-bond acceptors (Lipinski definition) is 6. The second kappa shape index (κ2) is 13.7. The zero-order valence-electron chi connectivity index (χ0n) is 26.0. The molecule has 0 bridgehead atoms. The van der Waals surface area contributed by atoms with Crippen LogP contribution in [0.3, 0.4) is 0 Å². The molecule has 2 saturated carbocycles. The van der Waals surface area contributed by atoms with Crippen LogP contribution in [0.5, 0.6) is 0 Å². The fraction of sp³-hybridized carbons (Fsp3) is 0.529. The zero-order valence-corrected chi connectivity index (χ0v) is 27.6. The van der Waals surface area contributed by atoms with Crippen LogP contribution in [0.25, 0.3) is 0 Å². The Morgan fingerprint density at radius 2 is 1.74 bits per heavy atom. The molecule has 1 unspecified atom stereocenters. The number of anilines is 1. The Morgan fingerprint density at radius 3 is 2.30 bits per heavy atom. The van der Waals surface area contributed by atoms with Crippen LogP contribution < -0.4 is 4.90 Å². The largest absolute Gasteiger partial charge is 0.477 e. The summed E-state index contributed by atoms with van der Waals surface area (Å²) in [4.78, 5) is 35.5. The maximum absolute atomic E-state index is 14.1. The molecule has 2 fully saturated rings. The highest BCUT2D eigenvalue weighted by Crippen LogP contribution is 2.38. The van der Waals surface area contributed by atoms with Gasteiger partial charge in [-0.15, -0.1) is 11.3 Å². The highest BCUT2D eigenvalue weighted by Gasteiger charge is 2.37. The molecule has 1 N–H and O–H groups in total. The van der Waals surface area contributed by atoms with Gasteiger partial charge in [0.25, 0.3) is 0 Å². The minimum atomic E-state index is -2.26. The molecule has 1 aromatic carbocycles. The van der Waals surface area contributed by atoms with E-state index in [2.05, 4.69) is 29.8 Å². The summed E-state index contributed by atoms with van der Waals surface area (Å²) in [6, 6.07) is 9.04. The van der Waals surface area contributed by atoms with E-state index in [0.717, 1.165) is 48.3 Å². The molecule has 1 aromatic heterocycles. The first kappa shape index (κ1) is 32.8. The normalized spacial score (nSPS) is 22.1. The molecule has 9 heteroatoms. The molecule has 43 heavy (non-hydrogen) atoms. The number of amides is 1. The van der Waals surface area contributed by atoms with Crippen molar-refractivity contribution in [2.24, 2.45) is 22.4 Å². The van der Waals surface area contributed by atoms with Gasteiger partial charge in [-0.05, 0) is 117 Å². The molecule has 1 atom stereocenters. The van der Waals surface area contributed by atoms with Crippen molar-refractivity contribution in [3.63, 3.8) is 0 Å². The van der Waals surface area contributed by atoms with Crippen molar-refractivity contribution in [3.8, 4) is 11.8 Å². The van der Waals surface area contributed by atoms with E-state index in [4.69, 9.17) is 4.84 Å². The lowest BCUT2D eigenvalue weighted by molar-refractivity contribution is -0.124. The smallest absolute Gasteiger partial charge is 0.348 e. The number of oxime groups is 1. The third kappa shape index (κ3) is 8.96. The Bertz CT molecular complexity index is 1500. The first-order valence-corrected chi connectivity index (χ1v) is 18.0. The average molecular weight is 625 g/mol. The van der Waals surface area contributed by atoms with Crippen molar-refractivity contribution in [2.75, 3.05) is 11.2 Å². The van der Waals surface area contributed by atoms with Crippen LogP contribution in [-0.4, -0.2) is 45.1 Å². The Morgan fingerprint density at radius 1 is 1.12 bits per heavy atom. The van der Waals surface area contributed by atoms with Gasteiger partial charge < -0.3 is 14.8 Å². The van der Waals surface area contributed by atoms with Crippen molar-refractivity contribution in [2.45, 2.75) is 96.6 Å². The van der Waals surface area contributed by atoms with Gasteiger partial charge in [-0.25, -0.2) is 4.79 Å². The molecule has 1 heterocycles. The van der Waals surface area contributed by atoms with Crippen LogP contribution in [0.4, 0.5) is 5.69 Å². The molecule has 7 nitrogen and oxygen atoms in total. The summed E-state index contributed by atoms with van der Waals surface area (Å²) in [6.07, 6.45) is 7.99. The number of carbonyl (C=O) groups is 2. The number of carbonyl (C=O) groups excluding carboxylic acids is 1. The molecule has 232 valence electrons. The van der Waals surface area contributed by atoms with Crippen molar-refractivity contribution >= 4 is 50.0 Å². The van der Waals surface area contributed by atoms with Crippen molar-refractivity contribution < 1.29 is 23.7 Å². The van der Waals surface area contributed by atoms with Crippen molar-refractivity contribution in [3.05, 3.63) is 45.6 Å². The van der Waals surface area contributed by atoms with Crippen LogP contribution in [0.1, 0.15) is 99.2 Å². The zero-order chi connectivity index (χ0) is 31.4. The number of nitrogens with zero attached hydrogens (tertiary/aromatic N) is 2. The van der Waals surface area contributed by atoms with Crippen molar-refractivity contribution in [1.29, 1.82) is 0 Å². The summed E-state index contributed by atoms with van der Waals surface area (Å²) < 4.78 is 12.1. The monoisotopic (exact) mass is 624 g/mol. The van der Waals surface area contributed by atoms with Gasteiger partial charge in [0.1, 0.15) is 11.5 Å². The summed E-state index contributed by atoms with van der Waals surface area (Å²) in [7, 11) is -2.26. The molecule has 4 rings (SSSR count). The number of hydrogen-bond donors (Lipinski definition) is 1. The summed E-state index contributed by atoms with van der Waals surface area (Å²) >= 11 is 1.15. The van der Waals surface area contributed by atoms with Crippen LogP contribution in [0, 0.1) is 29.1 Å². The van der Waals surface area contributed by atoms with Crippen molar-refractivity contribution in [1.82, 2.24) is 0 Å². The molecule has 0 saturated heterocycles. The topological polar surface area (TPSA) is 96.3 Å². The summed E-state index contributed by atoms with van der Waals surface area (Å²) in [6.45, 7) is 8.57. The van der Waals surface area contributed by atoms with E-state index < -0.39 is 15.5 Å². The SMILES string of the molecule is C=S(C)(=O)c1ccc(CON=C2CCC(N(C(=O)C3CCC(C)CC3)c3cc(C#CC(C)(C)C)sc3C(=O)O)CC2)cc1. The minimum Gasteiger partial charge on any atom is -0.477 e. The second-order valence-corrected chi connectivity index (χ2v) is 16.6. The maximum Gasteiger partial charge on any atom is 0.348 e. The first-order chi connectivity index (χ1) is 20.2. The fourth-order valence-corrected chi connectivity index (χ4v) is 7.13. The fourth-order valence-electron chi connectivity index (χ4n) is 5.58. The summed E-state index contributed by atoms with van der Waals surface area (Å²) in [5, 5.41) is 14.5. The quantitative estimate of drug-likeness (QED) is 0.190. The van der Waals surface area contributed by atoms with E-state index in [1.54, 1.807) is 29.4 Å². The van der Waals surface area contributed by atoms with E-state index >= 15 is 0 Å². The van der Waals surface area contributed by atoms with E-state index in [-0.39, 0.29) is 28.2 Å². The molecule has 0 radical (unpaired) electrons. The van der Waals surface area contributed by atoms with Crippen LogP contribution in [0.2, 0.25) is 0 Å². The minimum absolute atomic E-state index is 0.0332. The van der Waals surface area contributed by atoms with Gasteiger partial charge in [0.05, 0.1) is 16.3 Å². The Kier molecular flexibility index (Phi) is 10.4. The molecule has 0 spiro atoms. The van der Waals surface area contributed by atoms with Gasteiger partial charge in [-0.2, -0.15) is 0 Å². The standard InChI is InChI=1S/C34H44N2O5S2/c1-23-7-11-25(12-8-23)32(37)36(30-21-28(19-20-34(2,3)4)42-31(30)33(38)39)27-15-13-26(14-16-27)35-41-22-24-9-17-29(18-10-24)43(5,6)40/h9-10,17-18,21,23,25,27H,5,7-8,11-16,22H2,1-4,6H3,(H,38,39). The van der Waals surface area contributed by atoms with Gasteiger partial charge in [-0.1, -0.05) is 36.1 Å². The molecule has 2 aromatic rings. The Balaban J connectivity index is 1.52. The van der Waals surface area contributed by atoms with E-state index in [1.165, 1.54) is 0 Å². The predicted octanol–water partition coefficient (Wildman–Crippen LogP) is 7.22. The second-order valence-electron chi connectivity index (χ2n) is 13.1. The number of carboxylic acid groups (broad SMARTS) is 1. The summed E-state index contributed by atoms with van der Waals surface area (Å²) in [5.41, 5.74) is 2.11. The number of thiophene rings is 1. The highest BCUT2D eigenvalue weighted by molar-refractivity contribution is 7.99. The molecule has 2 aliphatic carbocycles. The number of carboxylic acids is 1. The Labute approximate surface area is 260 Å². The predicted molar refractivity (Wildman–Crippen MR) is 177 cm³/mol. The van der Waals surface area contributed by atoms with E-state index in [9.17, 15) is 18.9 Å². The van der Waals surface area contributed by atoms with Crippen LogP contribution in [-0.2, 0) is 25.8 Å². The molecule has 2 aliphatic rings. The number of benzene rings is 1. The maximum atomic E-state index is 14.1. The van der Waals surface area contributed by atoms with Crippen LogP contribution in [0.15, 0.2) is 40.4 Å². The molecule has 1 amide bonds. The van der Waals surface area contributed by atoms with Gasteiger partial charge in [0.2, 0.25) is 5.91 Å². The van der Waals surface area contributed by atoms with Gasteiger partial charge in [0.15, 0.2) is 0 Å². The van der Waals surface area contributed by atoms with Crippen LogP contribution >= 0.6 is 11.3 Å². The Hall–Kier alpha value is -3.09. The van der Waals surface area contributed by atoms with Gasteiger partial charge >= 0.3 is 5.97 Å². The van der Waals surface area contributed by atoms with Gasteiger partial charge in [-0.3, -0.25) is 9.00 Å². The first-order valence-electron chi connectivity index (χ1n) is 15.0. The lowest BCUT2D eigenvalue weighted by atomic mass is 9.81. The lowest BCUT2D eigenvalue weighted by Crippen LogP contribution is -2.46. The highest BCUT2D eigenvalue weighted by atomic mass is 32.2. The van der Waals surface area contributed by atoms with E-state index in [1.807, 2.05) is 32.9 Å². The molecular formula is C34H44N2O5S2. The molecular weight excluding hydrogens is 581 g/mol. The van der Waals surface area contributed by atoms with Gasteiger partial charge in [0, 0.05) is 28.5 Å². The third-order valence-corrected chi connectivity index (χ3v) is 10.4. The third-order valence-electron chi connectivity index (χ3n) is 8.07. The average Bonchev–Trinajstić information content (AvgIpc) is 3.37. The summed E-state index contributed by atoms with van der Waals surface area (Å²) in [5.74, 6) is 9.57.